The van der Waals surface area contributed by atoms with Gasteiger partial charge in [-0.3, -0.25) is 0 Å². The van der Waals surface area contributed by atoms with Crippen molar-refractivity contribution in [2.45, 2.75) is 19.6 Å². The van der Waals surface area contributed by atoms with Gasteiger partial charge in [-0.1, -0.05) is 18.2 Å². The Morgan fingerprint density at radius 2 is 1.89 bits per heavy atom. The highest BCUT2D eigenvalue weighted by Gasteiger charge is 2.09. The van der Waals surface area contributed by atoms with Gasteiger partial charge in [-0.25, -0.2) is 8.78 Å². The van der Waals surface area contributed by atoms with Crippen LogP contribution in [0.1, 0.15) is 24.1 Å². The highest BCUT2D eigenvalue weighted by Crippen LogP contribution is 2.24. The lowest BCUT2D eigenvalue weighted by molar-refractivity contribution is 0.294. The Labute approximate surface area is 110 Å². The zero-order chi connectivity index (χ0) is 13.8. The molecule has 0 aliphatic carbocycles. The summed E-state index contributed by atoms with van der Waals surface area (Å²) in [5.41, 5.74) is 6.84. The minimum absolute atomic E-state index is 0.0344. The maximum Gasteiger partial charge on any atom is 0.130 e. The normalized spacial score (nSPS) is 12.2. The first-order valence-corrected chi connectivity index (χ1v) is 5.99. The third kappa shape index (κ3) is 3.29. The lowest BCUT2D eigenvalue weighted by atomic mass is 10.1. The molecule has 0 saturated carbocycles. The first kappa shape index (κ1) is 13.5. The van der Waals surface area contributed by atoms with Crippen LogP contribution in [-0.2, 0) is 6.61 Å². The monoisotopic (exact) mass is 263 g/mol. The van der Waals surface area contributed by atoms with Gasteiger partial charge in [0.1, 0.15) is 24.0 Å². The largest absolute Gasteiger partial charge is 0.488 e. The Balaban J connectivity index is 2.17. The Kier molecular flexibility index (Phi) is 4.12. The molecule has 0 spiro atoms. The summed E-state index contributed by atoms with van der Waals surface area (Å²) in [6.45, 7) is 1.80. The van der Waals surface area contributed by atoms with E-state index in [1.165, 1.54) is 0 Å². The predicted octanol–water partition coefficient (Wildman–Crippen LogP) is 3.56. The molecule has 0 fully saturated rings. The van der Waals surface area contributed by atoms with Crippen molar-refractivity contribution in [3.05, 3.63) is 65.2 Å². The number of rotatable bonds is 4. The van der Waals surface area contributed by atoms with E-state index in [2.05, 4.69) is 0 Å². The number of hydrogen-bond donors (Lipinski definition) is 1. The van der Waals surface area contributed by atoms with Gasteiger partial charge in [-0.05, 0) is 31.2 Å². The zero-order valence-corrected chi connectivity index (χ0v) is 10.6. The van der Waals surface area contributed by atoms with E-state index in [4.69, 9.17) is 10.5 Å². The summed E-state index contributed by atoms with van der Waals surface area (Å²) >= 11 is 0. The van der Waals surface area contributed by atoms with Crippen LogP contribution in [-0.4, -0.2) is 0 Å². The van der Waals surface area contributed by atoms with Gasteiger partial charge in [0.25, 0.3) is 0 Å². The molecule has 0 amide bonds. The molecular weight excluding hydrogens is 248 g/mol. The summed E-state index contributed by atoms with van der Waals surface area (Å²) in [7, 11) is 0. The molecule has 0 heterocycles. The van der Waals surface area contributed by atoms with Gasteiger partial charge in [0.2, 0.25) is 0 Å². The third-order valence-electron chi connectivity index (χ3n) is 2.80. The molecule has 1 atom stereocenters. The fraction of sp³-hybridized carbons (Fsp3) is 0.200. The molecule has 0 unspecified atom stereocenters. The van der Waals surface area contributed by atoms with E-state index in [-0.39, 0.29) is 18.2 Å². The zero-order valence-electron chi connectivity index (χ0n) is 10.6. The molecule has 2 N–H and O–H groups in total. The smallest absolute Gasteiger partial charge is 0.130 e. The average molecular weight is 263 g/mol. The van der Waals surface area contributed by atoms with Crippen molar-refractivity contribution in [3.8, 4) is 5.75 Å². The maximum atomic E-state index is 13.5. The first-order valence-electron chi connectivity index (χ1n) is 5.99. The SMILES string of the molecule is C[C@H](N)c1ccccc1OCc1cc(F)ccc1F. The minimum atomic E-state index is -0.486. The van der Waals surface area contributed by atoms with Crippen LogP contribution in [0, 0.1) is 11.6 Å². The van der Waals surface area contributed by atoms with E-state index < -0.39 is 11.6 Å². The molecule has 19 heavy (non-hydrogen) atoms. The first-order chi connectivity index (χ1) is 9.08. The number of benzene rings is 2. The average Bonchev–Trinajstić information content (AvgIpc) is 2.40. The highest BCUT2D eigenvalue weighted by molar-refractivity contribution is 5.35. The second-order valence-corrected chi connectivity index (χ2v) is 4.35. The van der Waals surface area contributed by atoms with E-state index >= 15 is 0 Å². The van der Waals surface area contributed by atoms with Gasteiger partial charge in [0, 0.05) is 17.2 Å². The summed E-state index contributed by atoms with van der Waals surface area (Å²) in [5.74, 6) is -0.388. The van der Waals surface area contributed by atoms with Crippen molar-refractivity contribution >= 4 is 0 Å². The van der Waals surface area contributed by atoms with Gasteiger partial charge in [0.15, 0.2) is 0 Å². The minimum Gasteiger partial charge on any atom is -0.488 e. The predicted molar refractivity (Wildman–Crippen MR) is 69.7 cm³/mol. The van der Waals surface area contributed by atoms with Crippen LogP contribution in [0.25, 0.3) is 0 Å². The van der Waals surface area contributed by atoms with Crippen LogP contribution in [0.3, 0.4) is 0 Å². The van der Waals surface area contributed by atoms with Gasteiger partial charge in [-0.2, -0.15) is 0 Å². The van der Waals surface area contributed by atoms with Crippen LogP contribution in [0.5, 0.6) is 5.75 Å². The number of hydrogen-bond acceptors (Lipinski definition) is 2. The quantitative estimate of drug-likeness (QED) is 0.915. The van der Waals surface area contributed by atoms with E-state index in [9.17, 15) is 8.78 Å². The molecule has 0 saturated heterocycles. The molecule has 0 radical (unpaired) electrons. The summed E-state index contributed by atoms with van der Waals surface area (Å²) < 4.78 is 32.0. The molecular formula is C15H15F2NO. The lowest BCUT2D eigenvalue weighted by Gasteiger charge is -2.14. The van der Waals surface area contributed by atoms with Gasteiger partial charge in [-0.15, -0.1) is 0 Å². The van der Waals surface area contributed by atoms with Gasteiger partial charge in [0.05, 0.1) is 0 Å². The molecule has 2 rings (SSSR count). The van der Waals surface area contributed by atoms with Crippen molar-refractivity contribution in [2.24, 2.45) is 5.73 Å². The van der Waals surface area contributed by atoms with Crippen LogP contribution < -0.4 is 10.5 Å². The van der Waals surface area contributed by atoms with E-state index in [0.717, 1.165) is 23.8 Å². The molecule has 0 aliphatic rings. The van der Waals surface area contributed by atoms with E-state index in [1.807, 2.05) is 25.1 Å². The van der Waals surface area contributed by atoms with Gasteiger partial charge < -0.3 is 10.5 Å². The van der Waals surface area contributed by atoms with Gasteiger partial charge >= 0.3 is 0 Å². The van der Waals surface area contributed by atoms with Crippen molar-refractivity contribution in [3.63, 3.8) is 0 Å². The van der Waals surface area contributed by atoms with Crippen LogP contribution in [0.2, 0.25) is 0 Å². The maximum absolute atomic E-state index is 13.5. The lowest BCUT2D eigenvalue weighted by Crippen LogP contribution is -2.08. The molecule has 2 aromatic carbocycles. The fourth-order valence-corrected chi connectivity index (χ4v) is 1.80. The molecule has 2 aromatic rings. The van der Waals surface area contributed by atoms with E-state index in [1.54, 1.807) is 6.07 Å². The van der Waals surface area contributed by atoms with Crippen LogP contribution in [0.15, 0.2) is 42.5 Å². The van der Waals surface area contributed by atoms with Crippen molar-refractivity contribution in [1.82, 2.24) is 0 Å². The highest BCUT2D eigenvalue weighted by atomic mass is 19.1. The Bertz CT molecular complexity index is 570. The van der Waals surface area contributed by atoms with E-state index in [0.29, 0.717) is 5.75 Å². The van der Waals surface area contributed by atoms with Crippen LogP contribution >= 0.6 is 0 Å². The summed E-state index contributed by atoms with van der Waals surface area (Å²) in [4.78, 5) is 0. The van der Waals surface area contributed by atoms with Crippen molar-refractivity contribution < 1.29 is 13.5 Å². The summed E-state index contributed by atoms with van der Waals surface area (Å²) in [6, 6.07) is 10.4. The summed E-state index contributed by atoms with van der Waals surface area (Å²) in [6.07, 6.45) is 0. The molecule has 0 aliphatic heterocycles. The Hall–Kier alpha value is -1.94. The van der Waals surface area contributed by atoms with Crippen LogP contribution in [0.4, 0.5) is 8.78 Å². The second-order valence-electron chi connectivity index (χ2n) is 4.35. The number of halogens is 2. The second kappa shape index (κ2) is 5.80. The third-order valence-corrected chi connectivity index (χ3v) is 2.80. The van der Waals surface area contributed by atoms with Crippen molar-refractivity contribution in [2.75, 3.05) is 0 Å². The fourth-order valence-electron chi connectivity index (χ4n) is 1.80. The Morgan fingerprint density at radius 3 is 2.63 bits per heavy atom. The molecule has 4 heteroatoms. The molecule has 0 bridgehead atoms. The number of ether oxygens (including phenoxy) is 1. The number of nitrogens with two attached hydrogens (primary N) is 1. The Morgan fingerprint density at radius 1 is 1.16 bits per heavy atom. The topological polar surface area (TPSA) is 35.2 Å². The molecule has 2 nitrogen and oxygen atoms in total. The number of para-hydroxylation sites is 1. The standard InChI is InChI=1S/C15H15F2NO/c1-10(18)13-4-2-3-5-15(13)19-9-11-8-12(16)6-7-14(11)17/h2-8,10H,9,18H2,1H3/t10-/m0/s1. The van der Waals surface area contributed by atoms with Crippen molar-refractivity contribution in [1.29, 1.82) is 0 Å². The molecule has 100 valence electrons. The summed E-state index contributed by atoms with van der Waals surface area (Å²) in [5, 5.41) is 0. The molecule has 0 aromatic heterocycles.